The summed E-state index contributed by atoms with van der Waals surface area (Å²) in [6.07, 6.45) is 8.53. The molecule has 0 aliphatic heterocycles. The molecule has 0 atom stereocenters. The Balaban J connectivity index is 1.45. The van der Waals surface area contributed by atoms with Gasteiger partial charge in [0, 0.05) is 57.2 Å². The number of nitrogens with one attached hydrogen (secondary N) is 4. The summed E-state index contributed by atoms with van der Waals surface area (Å²) in [5.74, 6) is 1.37. The lowest BCUT2D eigenvalue weighted by atomic mass is 10.1. The summed E-state index contributed by atoms with van der Waals surface area (Å²) in [6, 6.07) is 7.41. The van der Waals surface area contributed by atoms with Gasteiger partial charge in [0.2, 0.25) is 17.8 Å². The van der Waals surface area contributed by atoms with Crippen LogP contribution in [0.2, 0.25) is 0 Å². The van der Waals surface area contributed by atoms with E-state index in [1.807, 2.05) is 22.9 Å². The number of nitrogens with zero attached hydrogens (tertiary/aromatic N) is 5. The van der Waals surface area contributed by atoms with E-state index in [9.17, 15) is 4.79 Å². The van der Waals surface area contributed by atoms with E-state index in [2.05, 4.69) is 48.1 Å². The van der Waals surface area contributed by atoms with Gasteiger partial charge in [0.25, 0.3) is 5.91 Å². The second kappa shape index (κ2) is 18.5. The van der Waals surface area contributed by atoms with E-state index in [4.69, 9.17) is 15.2 Å². The fourth-order valence-corrected chi connectivity index (χ4v) is 3.57. The topological polar surface area (TPSA) is 166 Å². The SMILES string of the molecule is CCCCNc1nc(NCCCn2ccnc2)nc(NCc2ccc(C(=O)NCCOCCOCCN)cc2)n1. The van der Waals surface area contributed by atoms with Crippen molar-refractivity contribution in [3.8, 4) is 0 Å². The van der Waals surface area contributed by atoms with Gasteiger partial charge < -0.3 is 41.0 Å². The molecule has 40 heavy (non-hydrogen) atoms. The van der Waals surface area contributed by atoms with Crippen molar-refractivity contribution in [3.05, 3.63) is 54.1 Å². The number of imidazole rings is 1. The van der Waals surface area contributed by atoms with Crippen molar-refractivity contribution in [3.63, 3.8) is 0 Å². The standard InChI is InChI=1S/C27H42N10O3/c1-2-3-10-31-25-34-26(32-11-4-14-37-15-12-29-21-37)36-27(35-25)33-20-22-5-7-23(8-6-22)24(38)30-13-17-40-19-18-39-16-9-28/h5-8,12,15,21H,2-4,9-11,13-14,16-20,28H2,1H3,(H,30,38)(H3,31,32,33,34,35,36). The number of hydrogen-bond donors (Lipinski definition) is 5. The number of hydrogen-bond acceptors (Lipinski definition) is 11. The fraction of sp³-hybridized carbons (Fsp3) is 0.519. The maximum atomic E-state index is 12.4. The molecule has 0 saturated heterocycles. The third-order valence-corrected chi connectivity index (χ3v) is 5.72. The van der Waals surface area contributed by atoms with Crippen LogP contribution >= 0.6 is 0 Å². The molecule has 13 heteroatoms. The number of ether oxygens (including phenoxy) is 2. The van der Waals surface area contributed by atoms with Crippen molar-refractivity contribution in [1.29, 1.82) is 0 Å². The summed E-state index contributed by atoms with van der Waals surface area (Å²) >= 11 is 0. The molecule has 0 fully saturated rings. The Hall–Kier alpha value is -3.81. The van der Waals surface area contributed by atoms with Crippen molar-refractivity contribution in [2.45, 2.75) is 39.3 Å². The molecule has 0 bridgehead atoms. The summed E-state index contributed by atoms with van der Waals surface area (Å²) in [7, 11) is 0. The highest BCUT2D eigenvalue weighted by molar-refractivity contribution is 5.94. The molecule has 3 rings (SSSR count). The van der Waals surface area contributed by atoms with Crippen LogP contribution in [0.5, 0.6) is 0 Å². The largest absolute Gasteiger partial charge is 0.378 e. The van der Waals surface area contributed by atoms with E-state index in [-0.39, 0.29) is 5.91 Å². The number of benzene rings is 1. The second-order valence-electron chi connectivity index (χ2n) is 8.99. The van der Waals surface area contributed by atoms with Gasteiger partial charge in [0.1, 0.15) is 0 Å². The first-order valence-electron chi connectivity index (χ1n) is 13.8. The van der Waals surface area contributed by atoms with Crippen LogP contribution < -0.4 is 27.0 Å². The maximum absolute atomic E-state index is 12.4. The van der Waals surface area contributed by atoms with E-state index >= 15 is 0 Å². The number of anilines is 3. The Morgan fingerprint density at radius 2 is 1.55 bits per heavy atom. The van der Waals surface area contributed by atoms with Gasteiger partial charge in [0.15, 0.2) is 0 Å². The molecule has 6 N–H and O–H groups in total. The molecule has 0 aliphatic carbocycles. The van der Waals surface area contributed by atoms with Gasteiger partial charge >= 0.3 is 0 Å². The van der Waals surface area contributed by atoms with Gasteiger partial charge in [-0.15, -0.1) is 0 Å². The number of amides is 1. The molecule has 3 aromatic rings. The summed E-state index contributed by atoms with van der Waals surface area (Å²) in [5, 5.41) is 12.7. The molecule has 1 aromatic carbocycles. The molecule has 13 nitrogen and oxygen atoms in total. The summed E-state index contributed by atoms with van der Waals surface area (Å²) in [5.41, 5.74) is 6.94. The molecule has 2 aromatic heterocycles. The number of nitrogens with two attached hydrogens (primary N) is 1. The van der Waals surface area contributed by atoms with Crippen LogP contribution in [0.25, 0.3) is 0 Å². The highest BCUT2D eigenvalue weighted by atomic mass is 16.5. The molecular formula is C27H42N10O3. The summed E-state index contributed by atoms with van der Waals surface area (Å²) in [6.45, 7) is 7.83. The van der Waals surface area contributed by atoms with E-state index in [0.717, 1.165) is 44.5 Å². The van der Waals surface area contributed by atoms with Crippen molar-refractivity contribution < 1.29 is 14.3 Å². The first kappa shape index (κ1) is 30.7. The summed E-state index contributed by atoms with van der Waals surface area (Å²) < 4.78 is 12.7. The molecule has 0 unspecified atom stereocenters. The minimum Gasteiger partial charge on any atom is -0.378 e. The van der Waals surface area contributed by atoms with Crippen LogP contribution in [0, 0.1) is 0 Å². The van der Waals surface area contributed by atoms with Crippen LogP contribution in [0.4, 0.5) is 17.8 Å². The molecule has 0 aliphatic rings. The molecule has 0 radical (unpaired) electrons. The van der Waals surface area contributed by atoms with Crippen molar-refractivity contribution in [2.75, 3.05) is 68.6 Å². The Morgan fingerprint density at radius 3 is 2.20 bits per heavy atom. The first-order chi connectivity index (χ1) is 19.7. The van der Waals surface area contributed by atoms with Crippen molar-refractivity contribution in [1.82, 2.24) is 29.8 Å². The highest BCUT2D eigenvalue weighted by Crippen LogP contribution is 2.12. The van der Waals surface area contributed by atoms with Crippen LogP contribution in [0.3, 0.4) is 0 Å². The Morgan fingerprint density at radius 1 is 0.875 bits per heavy atom. The smallest absolute Gasteiger partial charge is 0.251 e. The Labute approximate surface area is 235 Å². The molecule has 2 heterocycles. The average Bonchev–Trinajstić information content (AvgIpc) is 3.50. The van der Waals surface area contributed by atoms with Crippen molar-refractivity contribution >= 4 is 23.8 Å². The van der Waals surface area contributed by atoms with Gasteiger partial charge in [-0.2, -0.15) is 15.0 Å². The minimum absolute atomic E-state index is 0.147. The Kier molecular flexibility index (Phi) is 14.2. The first-order valence-corrected chi connectivity index (χ1v) is 13.8. The van der Waals surface area contributed by atoms with Gasteiger partial charge in [-0.25, -0.2) is 4.98 Å². The molecule has 0 saturated carbocycles. The zero-order valence-electron chi connectivity index (χ0n) is 23.3. The zero-order valence-corrected chi connectivity index (χ0v) is 23.3. The highest BCUT2D eigenvalue weighted by Gasteiger charge is 2.08. The van der Waals surface area contributed by atoms with Gasteiger partial charge in [0.05, 0.1) is 32.8 Å². The number of carbonyl (C=O) groups is 1. The number of carbonyl (C=O) groups excluding carboxylic acids is 1. The monoisotopic (exact) mass is 554 g/mol. The lowest BCUT2D eigenvalue weighted by Gasteiger charge is -2.12. The van der Waals surface area contributed by atoms with E-state index in [1.165, 1.54) is 0 Å². The third kappa shape index (κ3) is 11.9. The zero-order chi connectivity index (χ0) is 28.3. The predicted octanol–water partition coefficient (Wildman–Crippen LogP) is 2.12. The average molecular weight is 555 g/mol. The van der Waals surface area contributed by atoms with E-state index in [0.29, 0.717) is 69.5 Å². The fourth-order valence-electron chi connectivity index (χ4n) is 3.57. The van der Waals surface area contributed by atoms with Crippen LogP contribution in [-0.4, -0.2) is 83.0 Å². The van der Waals surface area contributed by atoms with Gasteiger partial charge in [-0.3, -0.25) is 4.79 Å². The van der Waals surface area contributed by atoms with Gasteiger partial charge in [-0.05, 0) is 30.5 Å². The predicted molar refractivity (Wildman–Crippen MR) is 155 cm³/mol. The number of aromatic nitrogens is 5. The van der Waals surface area contributed by atoms with Crippen molar-refractivity contribution in [2.24, 2.45) is 5.73 Å². The number of rotatable bonds is 21. The maximum Gasteiger partial charge on any atom is 0.251 e. The second-order valence-corrected chi connectivity index (χ2v) is 8.99. The van der Waals surface area contributed by atoms with Gasteiger partial charge in [-0.1, -0.05) is 25.5 Å². The minimum atomic E-state index is -0.147. The molecule has 0 spiro atoms. The molecule has 218 valence electrons. The Bertz CT molecular complexity index is 1100. The van der Waals surface area contributed by atoms with Crippen LogP contribution in [-0.2, 0) is 22.6 Å². The number of aryl methyl sites for hydroxylation is 1. The normalized spacial score (nSPS) is 10.8. The van der Waals surface area contributed by atoms with E-state index < -0.39 is 0 Å². The molecule has 1 amide bonds. The van der Waals surface area contributed by atoms with Crippen LogP contribution in [0.1, 0.15) is 42.1 Å². The van der Waals surface area contributed by atoms with E-state index in [1.54, 1.807) is 24.7 Å². The quantitative estimate of drug-likeness (QED) is 0.122. The van der Waals surface area contributed by atoms with Crippen LogP contribution in [0.15, 0.2) is 43.0 Å². The lowest BCUT2D eigenvalue weighted by Crippen LogP contribution is -2.27. The summed E-state index contributed by atoms with van der Waals surface area (Å²) in [4.78, 5) is 30.0. The molecular weight excluding hydrogens is 512 g/mol. The number of unbranched alkanes of at least 4 members (excludes halogenated alkanes) is 1. The third-order valence-electron chi connectivity index (χ3n) is 5.72. The lowest BCUT2D eigenvalue weighted by molar-refractivity contribution is 0.0511.